The molecule has 124 valence electrons. The Morgan fingerprint density at radius 1 is 0.720 bits per heavy atom. The van der Waals surface area contributed by atoms with Crippen LogP contribution in [-0.2, 0) is 0 Å². The van der Waals surface area contributed by atoms with Gasteiger partial charge in [-0.05, 0) is 67.6 Å². The molecule has 0 aliphatic carbocycles. The van der Waals surface area contributed by atoms with Crippen LogP contribution in [0.15, 0.2) is 72.8 Å². The summed E-state index contributed by atoms with van der Waals surface area (Å²) in [4.78, 5) is 5.13. The molecule has 0 aliphatic rings. The smallest absolute Gasteiger partial charge is 0.125 e. The standard InChI is InChI=1S/C21H16F2N2/c1-14-10-15-11-20(8-9-21(15)24-14)25(18-6-2-4-16(22)12-18)19-7-3-5-17(23)13-19/h2-13,24H,1H3. The highest BCUT2D eigenvalue weighted by Gasteiger charge is 2.14. The van der Waals surface area contributed by atoms with Crippen LogP contribution in [-0.4, -0.2) is 4.98 Å². The van der Waals surface area contributed by atoms with E-state index in [0.717, 1.165) is 22.3 Å². The molecule has 0 saturated heterocycles. The number of aromatic amines is 1. The van der Waals surface area contributed by atoms with Gasteiger partial charge in [0, 0.05) is 33.7 Å². The van der Waals surface area contributed by atoms with Crippen LogP contribution in [0.5, 0.6) is 0 Å². The molecule has 1 heterocycles. The predicted octanol–water partition coefficient (Wildman–Crippen LogP) is 6.22. The lowest BCUT2D eigenvalue weighted by atomic mass is 10.1. The lowest BCUT2D eigenvalue weighted by Gasteiger charge is -2.25. The number of H-pyrrole nitrogens is 1. The molecule has 4 rings (SSSR count). The topological polar surface area (TPSA) is 19.0 Å². The number of aromatic nitrogens is 1. The van der Waals surface area contributed by atoms with E-state index in [1.165, 1.54) is 24.3 Å². The fraction of sp³-hybridized carbons (Fsp3) is 0.0476. The lowest BCUT2D eigenvalue weighted by Crippen LogP contribution is -2.10. The number of hydrogen-bond donors (Lipinski definition) is 1. The second-order valence-electron chi connectivity index (χ2n) is 6.02. The van der Waals surface area contributed by atoms with E-state index in [-0.39, 0.29) is 11.6 Å². The van der Waals surface area contributed by atoms with Gasteiger partial charge in [-0.1, -0.05) is 12.1 Å². The summed E-state index contributed by atoms with van der Waals surface area (Å²) >= 11 is 0. The molecule has 0 unspecified atom stereocenters. The summed E-state index contributed by atoms with van der Waals surface area (Å²) in [6, 6.07) is 20.6. The molecular weight excluding hydrogens is 318 g/mol. The number of fused-ring (bicyclic) bond motifs is 1. The molecule has 4 heteroatoms. The van der Waals surface area contributed by atoms with Crippen LogP contribution in [0.1, 0.15) is 5.69 Å². The summed E-state index contributed by atoms with van der Waals surface area (Å²) in [7, 11) is 0. The maximum Gasteiger partial charge on any atom is 0.125 e. The largest absolute Gasteiger partial charge is 0.359 e. The van der Waals surface area contributed by atoms with Gasteiger partial charge in [-0.25, -0.2) is 8.78 Å². The molecular formula is C21H16F2N2. The average molecular weight is 334 g/mol. The summed E-state index contributed by atoms with van der Waals surface area (Å²) in [6.07, 6.45) is 0. The first-order chi connectivity index (χ1) is 12.1. The van der Waals surface area contributed by atoms with Crippen LogP contribution in [0, 0.1) is 18.6 Å². The Labute approximate surface area is 144 Å². The second kappa shape index (κ2) is 6.06. The van der Waals surface area contributed by atoms with Crippen LogP contribution in [0.3, 0.4) is 0 Å². The predicted molar refractivity (Wildman–Crippen MR) is 97.6 cm³/mol. The molecule has 0 saturated carbocycles. The van der Waals surface area contributed by atoms with Crippen molar-refractivity contribution in [1.29, 1.82) is 0 Å². The van der Waals surface area contributed by atoms with Gasteiger partial charge in [-0.3, -0.25) is 0 Å². The maximum atomic E-state index is 13.8. The van der Waals surface area contributed by atoms with Crippen molar-refractivity contribution >= 4 is 28.0 Å². The SMILES string of the molecule is Cc1cc2cc(N(c3cccc(F)c3)c3cccc(F)c3)ccc2[nH]1. The third-order valence-electron chi connectivity index (χ3n) is 4.13. The molecule has 0 bridgehead atoms. The minimum atomic E-state index is -0.336. The molecule has 0 fully saturated rings. The Morgan fingerprint density at radius 2 is 1.32 bits per heavy atom. The zero-order valence-corrected chi connectivity index (χ0v) is 13.6. The lowest BCUT2D eigenvalue weighted by molar-refractivity contribution is 0.627. The fourth-order valence-corrected chi connectivity index (χ4v) is 3.08. The van der Waals surface area contributed by atoms with Gasteiger partial charge in [0.15, 0.2) is 0 Å². The number of hydrogen-bond acceptors (Lipinski definition) is 1. The van der Waals surface area contributed by atoms with Crippen molar-refractivity contribution in [3.05, 3.63) is 90.1 Å². The Bertz CT molecular complexity index is 1010. The number of rotatable bonds is 3. The molecule has 4 aromatic rings. The zero-order valence-electron chi connectivity index (χ0n) is 13.6. The van der Waals surface area contributed by atoms with Crippen LogP contribution < -0.4 is 4.90 Å². The van der Waals surface area contributed by atoms with Crippen molar-refractivity contribution in [1.82, 2.24) is 4.98 Å². The normalized spacial score (nSPS) is 11.0. The van der Waals surface area contributed by atoms with Gasteiger partial charge in [-0.15, -0.1) is 0 Å². The molecule has 25 heavy (non-hydrogen) atoms. The highest BCUT2D eigenvalue weighted by Crippen LogP contribution is 2.36. The van der Waals surface area contributed by atoms with E-state index in [2.05, 4.69) is 4.98 Å². The molecule has 1 N–H and O–H groups in total. The zero-order chi connectivity index (χ0) is 17.4. The minimum Gasteiger partial charge on any atom is -0.359 e. The summed E-state index contributed by atoms with van der Waals surface area (Å²) in [5.74, 6) is -0.671. The van der Waals surface area contributed by atoms with Crippen molar-refractivity contribution in [2.45, 2.75) is 6.92 Å². The van der Waals surface area contributed by atoms with Gasteiger partial charge in [0.05, 0.1) is 0 Å². The number of nitrogens with one attached hydrogen (secondary N) is 1. The van der Waals surface area contributed by atoms with E-state index < -0.39 is 0 Å². The van der Waals surface area contributed by atoms with Crippen molar-refractivity contribution < 1.29 is 8.78 Å². The monoisotopic (exact) mass is 334 g/mol. The van der Waals surface area contributed by atoms with E-state index in [4.69, 9.17) is 0 Å². The van der Waals surface area contributed by atoms with Crippen LogP contribution in [0.25, 0.3) is 10.9 Å². The molecule has 0 radical (unpaired) electrons. The van der Waals surface area contributed by atoms with Gasteiger partial charge in [-0.2, -0.15) is 0 Å². The van der Waals surface area contributed by atoms with Crippen LogP contribution in [0.4, 0.5) is 25.8 Å². The summed E-state index contributed by atoms with van der Waals surface area (Å²) in [5, 5.41) is 1.05. The number of nitrogens with zero attached hydrogens (tertiary/aromatic N) is 1. The molecule has 0 aliphatic heterocycles. The van der Waals surface area contributed by atoms with Gasteiger partial charge in [0.1, 0.15) is 11.6 Å². The highest BCUT2D eigenvalue weighted by atomic mass is 19.1. The highest BCUT2D eigenvalue weighted by molar-refractivity contribution is 5.88. The van der Waals surface area contributed by atoms with Crippen molar-refractivity contribution in [2.24, 2.45) is 0 Å². The van der Waals surface area contributed by atoms with E-state index in [1.54, 1.807) is 24.3 Å². The summed E-state index contributed by atoms with van der Waals surface area (Å²) < 4.78 is 27.6. The molecule has 3 aromatic carbocycles. The van der Waals surface area contributed by atoms with Crippen LogP contribution in [0.2, 0.25) is 0 Å². The quantitative estimate of drug-likeness (QED) is 0.471. The maximum absolute atomic E-state index is 13.8. The number of aryl methyl sites for hydroxylation is 1. The third kappa shape index (κ3) is 2.98. The van der Waals surface area contributed by atoms with E-state index >= 15 is 0 Å². The van der Waals surface area contributed by atoms with Crippen molar-refractivity contribution in [2.75, 3.05) is 4.90 Å². The number of halogens is 2. The Balaban J connectivity index is 1.92. The Morgan fingerprint density at radius 3 is 1.92 bits per heavy atom. The average Bonchev–Trinajstić information content (AvgIpc) is 2.95. The molecule has 0 amide bonds. The third-order valence-corrected chi connectivity index (χ3v) is 4.13. The van der Waals surface area contributed by atoms with Gasteiger partial charge >= 0.3 is 0 Å². The van der Waals surface area contributed by atoms with Crippen molar-refractivity contribution in [3.63, 3.8) is 0 Å². The van der Waals surface area contributed by atoms with E-state index in [9.17, 15) is 8.78 Å². The number of benzene rings is 3. The molecule has 1 aromatic heterocycles. The van der Waals surface area contributed by atoms with Crippen LogP contribution >= 0.6 is 0 Å². The summed E-state index contributed by atoms with van der Waals surface area (Å²) in [6.45, 7) is 2.00. The first-order valence-electron chi connectivity index (χ1n) is 8.01. The minimum absolute atomic E-state index is 0.336. The Hall–Kier alpha value is -3.14. The summed E-state index contributed by atoms with van der Waals surface area (Å²) in [5.41, 5.74) is 4.20. The van der Waals surface area contributed by atoms with Gasteiger partial charge in [0.25, 0.3) is 0 Å². The fourth-order valence-electron chi connectivity index (χ4n) is 3.08. The Kier molecular flexibility index (Phi) is 3.73. The van der Waals surface area contributed by atoms with Gasteiger partial charge in [0.2, 0.25) is 0 Å². The molecule has 0 spiro atoms. The van der Waals surface area contributed by atoms with Gasteiger partial charge < -0.3 is 9.88 Å². The molecule has 0 atom stereocenters. The first kappa shape index (κ1) is 15.4. The second-order valence-corrected chi connectivity index (χ2v) is 6.02. The van der Waals surface area contributed by atoms with E-state index in [1.807, 2.05) is 36.1 Å². The number of anilines is 3. The van der Waals surface area contributed by atoms with Crippen molar-refractivity contribution in [3.8, 4) is 0 Å². The molecule has 2 nitrogen and oxygen atoms in total. The first-order valence-corrected chi connectivity index (χ1v) is 8.01. The van der Waals surface area contributed by atoms with E-state index in [0.29, 0.717) is 11.4 Å².